The van der Waals surface area contributed by atoms with Gasteiger partial charge in [0.15, 0.2) is 5.82 Å². The standard InChI is InChI=1S/C17H21N5O3S/c1-26(24,25)21-17(7-8-17)10-22-13(6-9-23)20-14-15(22)11-4-2-3-5-12(11)19-16(14)18/h2-5,21,23H,6-10H2,1H3,(H2,18,19). The van der Waals surface area contributed by atoms with Gasteiger partial charge < -0.3 is 15.4 Å². The molecule has 1 saturated carbocycles. The number of benzene rings is 1. The Hall–Kier alpha value is -2.23. The van der Waals surface area contributed by atoms with Crippen molar-refractivity contribution in [1.29, 1.82) is 0 Å². The fourth-order valence-electron chi connectivity index (χ4n) is 3.51. The normalized spacial score (nSPS) is 16.4. The molecule has 4 rings (SSSR count). The van der Waals surface area contributed by atoms with Crippen molar-refractivity contribution in [2.45, 2.75) is 31.3 Å². The first-order valence-corrected chi connectivity index (χ1v) is 10.3. The third-order valence-electron chi connectivity index (χ3n) is 4.74. The number of rotatable bonds is 6. The number of aromatic nitrogens is 3. The van der Waals surface area contributed by atoms with Crippen molar-refractivity contribution < 1.29 is 13.5 Å². The highest BCUT2D eigenvalue weighted by molar-refractivity contribution is 7.88. The van der Waals surface area contributed by atoms with Crippen LogP contribution < -0.4 is 10.5 Å². The maximum Gasteiger partial charge on any atom is 0.209 e. The van der Waals surface area contributed by atoms with Crippen LogP contribution in [0.15, 0.2) is 24.3 Å². The van der Waals surface area contributed by atoms with Gasteiger partial charge in [-0.05, 0) is 18.9 Å². The number of anilines is 1. The Morgan fingerprint density at radius 1 is 1.31 bits per heavy atom. The predicted molar refractivity (Wildman–Crippen MR) is 100 cm³/mol. The molecule has 138 valence electrons. The van der Waals surface area contributed by atoms with Crippen molar-refractivity contribution in [3.8, 4) is 0 Å². The van der Waals surface area contributed by atoms with E-state index in [1.807, 2.05) is 28.8 Å². The van der Waals surface area contributed by atoms with E-state index in [2.05, 4.69) is 14.7 Å². The summed E-state index contributed by atoms with van der Waals surface area (Å²) in [7, 11) is -3.32. The summed E-state index contributed by atoms with van der Waals surface area (Å²) >= 11 is 0. The zero-order valence-corrected chi connectivity index (χ0v) is 15.3. The lowest BCUT2D eigenvalue weighted by Crippen LogP contribution is -2.39. The minimum atomic E-state index is -3.32. The van der Waals surface area contributed by atoms with Gasteiger partial charge in [-0.15, -0.1) is 0 Å². The smallest absolute Gasteiger partial charge is 0.209 e. The van der Waals surface area contributed by atoms with Crippen molar-refractivity contribution in [1.82, 2.24) is 19.3 Å². The van der Waals surface area contributed by atoms with Gasteiger partial charge in [0.2, 0.25) is 10.0 Å². The monoisotopic (exact) mass is 375 g/mol. The van der Waals surface area contributed by atoms with Gasteiger partial charge in [0.1, 0.15) is 11.3 Å². The Kier molecular flexibility index (Phi) is 3.90. The van der Waals surface area contributed by atoms with Gasteiger partial charge in [0.05, 0.1) is 29.4 Å². The zero-order valence-electron chi connectivity index (χ0n) is 14.4. The number of nitrogen functional groups attached to an aromatic ring is 1. The summed E-state index contributed by atoms with van der Waals surface area (Å²) in [6.07, 6.45) is 3.05. The number of aliphatic hydroxyl groups excluding tert-OH is 1. The number of nitrogens with two attached hydrogens (primary N) is 1. The summed E-state index contributed by atoms with van der Waals surface area (Å²) in [5, 5.41) is 10.3. The number of nitrogens with zero attached hydrogens (tertiary/aromatic N) is 3. The van der Waals surface area contributed by atoms with Gasteiger partial charge in [0, 0.05) is 18.4 Å². The Morgan fingerprint density at radius 3 is 2.69 bits per heavy atom. The SMILES string of the molecule is CS(=O)(=O)NC1(Cn2c(CCO)nc3c(N)nc4ccccc4c32)CC1. The number of nitrogens with one attached hydrogen (secondary N) is 1. The fourth-order valence-corrected chi connectivity index (χ4v) is 4.56. The largest absolute Gasteiger partial charge is 0.396 e. The molecule has 2 heterocycles. The fraction of sp³-hybridized carbons (Fsp3) is 0.412. The minimum absolute atomic E-state index is 0.0545. The van der Waals surface area contributed by atoms with Crippen LogP contribution in [0.2, 0.25) is 0 Å². The zero-order chi connectivity index (χ0) is 18.5. The van der Waals surface area contributed by atoms with Crippen molar-refractivity contribution in [3.05, 3.63) is 30.1 Å². The lowest BCUT2D eigenvalue weighted by Gasteiger charge is -2.19. The van der Waals surface area contributed by atoms with Crippen molar-refractivity contribution in [2.75, 3.05) is 18.6 Å². The Balaban J connectivity index is 1.93. The molecule has 0 spiro atoms. The van der Waals surface area contributed by atoms with E-state index >= 15 is 0 Å². The maximum atomic E-state index is 11.8. The lowest BCUT2D eigenvalue weighted by molar-refractivity contribution is 0.294. The highest BCUT2D eigenvalue weighted by Gasteiger charge is 2.46. The van der Waals surface area contributed by atoms with E-state index in [4.69, 9.17) is 5.73 Å². The Morgan fingerprint density at radius 2 is 2.04 bits per heavy atom. The first-order valence-electron chi connectivity index (χ1n) is 8.45. The first-order chi connectivity index (χ1) is 12.3. The highest BCUT2D eigenvalue weighted by atomic mass is 32.2. The summed E-state index contributed by atoms with van der Waals surface area (Å²) in [4.78, 5) is 9.02. The molecule has 4 N–H and O–H groups in total. The number of imidazole rings is 1. The quantitative estimate of drug-likeness (QED) is 0.585. The van der Waals surface area contributed by atoms with Gasteiger partial charge in [0.25, 0.3) is 0 Å². The molecule has 2 aromatic heterocycles. The van der Waals surface area contributed by atoms with Crippen LogP contribution in [-0.4, -0.2) is 46.5 Å². The van der Waals surface area contributed by atoms with E-state index in [1.54, 1.807) is 0 Å². The van der Waals surface area contributed by atoms with Crippen LogP contribution in [0.1, 0.15) is 18.7 Å². The predicted octanol–water partition coefficient (Wildman–Crippen LogP) is 0.783. The summed E-state index contributed by atoms with van der Waals surface area (Å²) in [5.41, 5.74) is 7.79. The van der Waals surface area contributed by atoms with Gasteiger partial charge >= 0.3 is 0 Å². The molecule has 9 heteroatoms. The molecule has 0 saturated heterocycles. The van der Waals surface area contributed by atoms with E-state index in [1.165, 1.54) is 6.26 Å². The highest BCUT2D eigenvalue weighted by Crippen LogP contribution is 2.40. The van der Waals surface area contributed by atoms with Crippen LogP contribution in [0, 0.1) is 0 Å². The second kappa shape index (κ2) is 5.90. The molecule has 0 atom stereocenters. The lowest BCUT2D eigenvalue weighted by atomic mass is 10.1. The number of para-hydroxylation sites is 1. The number of hydrogen-bond acceptors (Lipinski definition) is 6. The van der Waals surface area contributed by atoms with Gasteiger partial charge in [-0.1, -0.05) is 18.2 Å². The van der Waals surface area contributed by atoms with Crippen LogP contribution in [0.25, 0.3) is 21.9 Å². The molecule has 1 aliphatic rings. The Labute approximate surface area is 151 Å². The van der Waals surface area contributed by atoms with E-state index < -0.39 is 15.6 Å². The summed E-state index contributed by atoms with van der Waals surface area (Å²) in [5.74, 6) is 1.01. The van der Waals surface area contributed by atoms with E-state index in [9.17, 15) is 13.5 Å². The topological polar surface area (TPSA) is 123 Å². The van der Waals surface area contributed by atoms with Crippen LogP contribution in [0.4, 0.5) is 5.82 Å². The van der Waals surface area contributed by atoms with Gasteiger partial charge in [-0.25, -0.2) is 23.1 Å². The molecule has 0 aliphatic heterocycles. The van der Waals surface area contributed by atoms with Gasteiger partial charge in [-0.2, -0.15) is 0 Å². The van der Waals surface area contributed by atoms with Crippen molar-refractivity contribution in [3.63, 3.8) is 0 Å². The van der Waals surface area contributed by atoms with Crippen LogP contribution >= 0.6 is 0 Å². The molecular weight excluding hydrogens is 354 g/mol. The van der Waals surface area contributed by atoms with E-state index in [-0.39, 0.29) is 6.61 Å². The number of pyridine rings is 1. The number of fused-ring (bicyclic) bond motifs is 3. The van der Waals surface area contributed by atoms with Crippen LogP contribution in [0.3, 0.4) is 0 Å². The second-order valence-electron chi connectivity index (χ2n) is 6.95. The van der Waals surface area contributed by atoms with Crippen LogP contribution in [-0.2, 0) is 23.0 Å². The molecule has 3 aromatic rings. The minimum Gasteiger partial charge on any atom is -0.396 e. The summed E-state index contributed by atoms with van der Waals surface area (Å²) < 4.78 is 28.2. The molecule has 1 aromatic carbocycles. The maximum absolute atomic E-state index is 11.8. The molecule has 0 radical (unpaired) electrons. The molecule has 0 amide bonds. The average Bonchev–Trinajstić information content (AvgIpc) is 3.20. The number of aliphatic hydroxyl groups is 1. The molecule has 26 heavy (non-hydrogen) atoms. The molecular formula is C17H21N5O3S. The summed E-state index contributed by atoms with van der Waals surface area (Å²) in [6.45, 7) is 0.389. The molecule has 0 unspecified atom stereocenters. The van der Waals surface area contributed by atoms with Crippen LogP contribution in [0.5, 0.6) is 0 Å². The number of sulfonamides is 1. The Bertz CT molecular complexity index is 1100. The average molecular weight is 375 g/mol. The number of hydrogen-bond donors (Lipinski definition) is 3. The molecule has 1 fully saturated rings. The van der Waals surface area contributed by atoms with Crippen molar-refractivity contribution in [2.24, 2.45) is 0 Å². The molecule has 8 nitrogen and oxygen atoms in total. The third-order valence-corrected chi connectivity index (χ3v) is 5.54. The summed E-state index contributed by atoms with van der Waals surface area (Å²) in [6, 6.07) is 7.65. The van der Waals surface area contributed by atoms with E-state index in [0.717, 1.165) is 29.3 Å². The first kappa shape index (κ1) is 17.2. The van der Waals surface area contributed by atoms with Gasteiger partial charge in [-0.3, -0.25) is 0 Å². The second-order valence-corrected chi connectivity index (χ2v) is 8.70. The van der Waals surface area contributed by atoms with Crippen molar-refractivity contribution >= 4 is 37.8 Å². The molecule has 0 bridgehead atoms. The molecule has 1 aliphatic carbocycles. The van der Waals surface area contributed by atoms with E-state index in [0.29, 0.717) is 30.1 Å². The third kappa shape index (κ3) is 3.02.